The van der Waals surface area contributed by atoms with Crippen LogP contribution in [0.2, 0.25) is 0 Å². The van der Waals surface area contributed by atoms with Crippen LogP contribution in [0.15, 0.2) is 85.3 Å². The molecule has 0 bridgehead atoms. The number of nitrogens with zero attached hydrogens (tertiary/aromatic N) is 3. The van der Waals surface area contributed by atoms with Crippen molar-refractivity contribution >= 4 is 38.2 Å². The zero-order valence-corrected chi connectivity index (χ0v) is 16.7. The number of hydrogen-bond donors (Lipinski definition) is 0. The molecule has 3 nitrogen and oxygen atoms in total. The summed E-state index contributed by atoms with van der Waals surface area (Å²) in [6, 6.07) is 26.8. The van der Waals surface area contributed by atoms with Gasteiger partial charge in [-0.25, -0.2) is 0 Å². The van der Waals surface area contributed by atoms with Gasteiger partial charge in [0.15, 0.2) is 0 Å². The summed E-state index contributed by atoms with van der Waals surface area (Å²) in [4.78, 5) is 4.52. The van der Waals surface area contributed by atoms with E-state index in [0.29, 0.717) is 0 Å². The molecule has 0 N–H and O–H groups in total. The number of aromatic nitrogens is 3. The summed E-state index contributed by atoms with van der Waals surface area (Å²) >= 11 is 0. The molecule has 0 aliphatic heterocycles. The zero-order valence-electron chi connectivity index (χ0n) is 14.3. The predicted molar refractivity (Wildman–Crippen MR) is 106 cm³/mol. The van der Waals surface area contributed by atoms with Gasteiger partial charge in [-0.1, -0.05) is 53.2 Å². The van der Waals surface area contributed by atoms with E-state index in [9.17, 15) is 0 Å². The third kappa shape index (κ3) is 2.21. The van der Waals surface area contributed by atoms with Crippen molar-refractivity contribution in [2.24, 2.45) is 0 Å². The van der Waals surface area contributed by atoms with Crippen LogP contribution in [0.5, 0.6) is 0 Å². The minimum atomic E-state index is 0. The molecule has 0 spiro atoms. The summed E-state index contributed by atoms with van der Waals surface area (Å²) in [5.41, 5.74) is 4.51. The molecule has 0 amide bonds. The smallest absolute Gasteiger partial charge is 0.0604 e. The van der Waals surface area contributed by atoms with Crippen molar-refractivity contribution in [3.8, 4) is 5.69 Å². The summed E-state index contributed by atoms with van der Waals surface area (Å²) in [5, 5.41) is 4.73. The normalized spacial score (nSPS) is 11.4. The Morgan fingerprint density at radius 1 is 0.741 bits per heavy atom. The van der Waals surface area contributed by atoms with Crippen LogP contribution in [0.1, 0.15) is 0 Å². The van der Waals surface area contributed by atoms with Crippen LogP contribution in [0.3, 0.4) is 0 Å². The molecule has 3 heterocycles. The molecule has 0 aliphatic carbocycles. The van der Waals surface area contributed by atoms with Crippen molar-refractivity contribution in [1.29, 1.82) is 0 Å². The van der Waals surface area contributed by atoms with Gasteiger partial charge in [0.1, 0.15) is 0 Å². The standard InChI is InChI=1S/C23H14N3.Ir/c1-3-9-20-16(6-1)17-7-2-4-10-21(17)26(20)22-11-5-8-19-18(22)12-14-25-15-13-24-23(19)25;/h1-7,9-15H;/q-1;. The second-order valence-electron chi connectivity index (χ2n) is 6.50. The van der Waals surface area contributed by atoms with Crippen LogP contribution in [-0.4, -0.2) is 14.0 Å². The number of para-hydroxylation sites is 2. The van der Waals surface area contributed by atoms with Gasteiger partial charge in [-0.3, -0.25) is 4.98 Å². The first-order valence-corrected chi connectivity index (χ1v) is 8.66. The molecule has 0 fully saturated rings. The molecule has 0 saturated heterocycles. The largest absolute Gasteiger partial charge is 0.347 e. The van der Waals surface area contributed by atoms with Gasteiger partial charge in [0, 0.05) is 43.3 Å². The predicted octanol–water partition coefficient (Wildman–Crippen LogP) is 5.38. The van der Waals surface area contributed by atoms with Gasteiger partial charge >= 0.3 is 0 Å². The molecular formula is C23H14IrN3-. The Bertz CT molecular complexity index is 1390. The molecule has 0 unspecified atom stereocenters. The SMILES string of the molecule is [Ir].[c-]1ccc(-n2c3ccccc3c3ccccc32)c2ccn3ccnc3c12. The molecule has 4 heteroatoms. The summed E-state index contributed by atoms with van der Waals surface area (Å²) in [7, 11) is 0. The number of fused-ring (bicyclic) bond motifs is 6. The number of pyridine rings is 1. The van der Waals surface area contributed by atoms with Crippen LogP contribution in [0, 0.1) is 6.07 Å². The minimum absolute atomic E-state index is 0. The Kier molecular flexibility index (Phi) is 3.64. The van der Waals surface area contributed by atoms with Gasteiger partial charge < -0.3 is 8.97 Å². The fourth-order valence-corrected chi connectivity index (χ4v) is 4.01. The van der Waals surface area contributed by atoms with Crippen LogP contribution < -0.4 is 0 Å². The average Bonchev–Trinajstić information content (AvgIpc) is 3.30. The van der Waals surface area contributed by atoms with Crippen LogP contribution >= 0.6 is 0 Å². The molecule has 131 valence electrons. The summed E-state index contributed by atoms with van der Waals surface area (Å²) in [6.45, 7) is 0. The maximum absolute atomic E-state index is 4.52. The third-order valence-corrected chi connectivity index (χ3v) is 5.13. The molecule has 0 saturated carbocycles. The van der Waals surface area contributed by atoms with Gasteiger partial charge in [0.05, 0.1) is 16.7 Å². The molecule has 0 aliphatic rings. The summed E-state index contributed by atoms with van der Waals surface area (Å²) < 4.78 is 4.38. The van der Waals surface area contributed by atoms with E-state index in [1.807, 2.05) is 22.9 Å². The minimum Gasteiger partial charge on any atom is -0.347 e. The molecule has 27 heavy (non-hydrogen) atoms. The van der Waals surface area contributed by atoms with Gasteiger partial charge in [-0.2, -0.15) is 0 Å². The third-order valence-electron chi connectivity index (χ3n) is 5.13. The molecule has 3 aromatic carbocycles. The fourth-order valence-electron chi connectivity index (χ4n) is 4.01. The average molecular weight is 525 g/mol. The Balaban J connectivity index is 0.00000160. The van der Waals surface area contributed by atoms with Crippen molar-refractivity contribution in [1.82, 2.24) is 14.0 Å². The van der Waals surface area contributed by atoms with Gasteiger partial charge in [0.25, 0.3) is 0 Å². The molecule has 0 atom stereocenters. The molecular weight excluding hydrogens is 510 g/mol. The van der Waals surface area contributed by atoms with Crippen LogP contribution in [0.4, 0.5) is 0 Å². The van der Waals surface area contributed by atoms with Crippen molar-refractivity contribution in [2.75, 3.05) is 0 Å². The number of imidazole rings is 1. The number of hydrogen-bond acceptors (Lipinski definition) is 1. The number of benzene rings is 3. The molecule has 6 rings (SSSR count). The van der Waals surface area contributed by atoms with Crippen molar-refractivity contribution < 1.29 is 20.1 Å². The second kappa shape index (κ2) is 6.05. The first-order valence-electron chi connectivity index (χ1n) is 8.66. The maximum Gasteiger partial charge on any atom is 0.0604 e. The van der Waals surface area contributed by atoms with Gasteiger partial charge in [-0.05, 0) is 24.0 Å². The molecule has 1 radical (unpaired) electrons. The quantitative estimate of drug-likeness (QED) is 0.265. The van der Waals surface area contributed by atoms with Crippen molar-refractivity contribution in [2.45, 2.75) is 0 Å². The molecule has 3 aromatic heterocycles. The van der Waals surface area contributed by atoms with Crippen molar-refractivity contribution in [3.05, 3.63) is 91.4 Å². The van der Waals surface area contributed by atoms with E-state index in [2.05, 4.69) is 82.5 Å². The van der Waals surface area contributed by atoms with Crippen LogP contribution in [0.25, 0.3) is 43.9 Å². The number of rotatable bonds is 1. The van der Waals surface area contributed by atoms with E-state index in [1.54, 1.807) is 0 Å². The Morgan fingerprint density at radius 2 is 1.44 bits per heavy atom. The second-order valence-corrected chi connectivity index (χ2v) is 6.50. The Hall–Kier alpha value is -2.94. The van der Waals surface area contributed by atoms with Crippen LogP contribution in [-0.2, 0) is 20.1 Å². The van der Waals surface area contributed by atoms with E-state index in [-0.39, 0.29) is 20.1 Å². The summed E-state index contributed by atoms with van der Waals surface area (Å²) in [5.74, 6) is 0. The fraction of sp³-hybridized carbons (Fsp3) is 0. The Labute approximate surface area is 169 Å². The van der Waals surface area contributed by atoms with E-state index >= 15 is 0 Å². The monoisotopic (exact) mass is 525 g/mol. The Morgan fingerprint density at radius 3 is 2.19 bits per heavy atom. The first-order chi connectivity index (χ1) is 12.9. The first kappa shape index (κ1) is 16.2. The summed E-state index contributed by atoms with van der Waals surface area (Å²) in [6.07, 6.45) is 5.86. The van der Waals surface area contributed by atoms with E-state index in [4.69, 9.17) is 0 Å². The van der Waals surface area contributed by atoms with E-state index in [1.165, 1.54) is 21.8 Å². The van der Waals surface area contributed by atoms with Gasteiger partial charge in [-0.15, -0.1) is 18.2 Å². The van der Waals surface area contributed by atoms with Gasteiger partial charge in [0.2, 0.25) is 0 Å². The van der Waals surface area contributed by atoms with Crippen molar-refractivity contribution in [3.63, 3.8) is 0 Å². The topological polar surface area (TPSA) is 22.2 Å². The molecule has 6 aromatic rings. The van der Waals surface area contributed by atoms with E-state index < -0.39 is 0 Å². The van der Waals surface area contributed by atoms with E-state index in [0.717, 1.165) is 22.1 Å². The zero-order chi connectivity index (χ0) is 17.1. The maximum atomic E-state index is 4.52.